The number of nitrogens with one attached hydrogen (secondary N) is 2. The lowest BCUT2D eigenvalue weighted by Crippen LogP contribution is -2.44. The Balaban J connectivity index is 1.34. The third kappa shape index (κ3) is 4.74. The van der Waals surface area contributed by atoms with Crippen molar-refractivity contribution in [2.24, 2.45) is 0 Å². The van der Waals surface area contributed by atoms with Gasteiger partial charge in [-0.15, -0.1) is 0 Å². The average Bonchev–Trinajstić information content (AvgIpc) is 3.26. The molecule has 29 heavy (non-hydrogen) atoms. The lowest BCUT2D eigenvalue weighted by Gasteiger charge is -2.32. The topological polar surface area (TPSA) is 61.0 Å². The van der Waals surface area contributed by atoms with Gasteiger partial charge >= 0.3 is 0 Å². The number of H-pyrrole nitrogens is 1. The van der Waals surface area contributed by atoms with Crippen LogP contribution in [-0.4, -0.2) is 40.1 Å². The molecular formula is C24H28N4O. The summed E-state index contributed by atoms with van der Waals surface area (Å²) >= 11 is 0. The van der Waals surface area contributed by atoms with Gasteiger partial charge in [0.05, 0.1) is 17.5 Å². The fourth-order valence-electron chi connectivity index (χ4n) is 3.93. The summed E-state index contributed by atoms with van der Waals surface area (Å²) in [6.07, 6.45) is 4.57. The Morgan fingerprint density at radius 1 is 1.07 bits per heavy atom. The number of nitrogens with zero attached hydrogens (tertiary/aromatic N) is 2. The number of piperidine rings is 1. The summed E-state index contributed by atoms with van der Waals surface area (Å²) in [5.74, 6) is -0.0465. The number of carbonyl (C=O) groups is 1. The minimum Gasteiger partial charge on any atom is -0.349 e. The average molecular weight is 389 g/mol. The molecule has 5 heteroatoms. The molecule has 2 N–H and O–H groups in total. The van der Waals surface area contributed by atoms with Crippen molar-refractivity contribution in [3.63, 3.8) is 0 Å². The van der Waals surface area contributed by atoms with Crippen LogP contribution in [0.2, 0.25) is 0 Å². The maximum absolute atomic E-state index is 12.9. The Morgan fingerprint density at radius 3 is 2.48 bits per heavy atom. The Kier molecular flexibility index (Phi) is 6.06. The van der Waals surface area contributed by atoms with E-state index in [1.54, 1.807) is 6.20 Å². The number of aryl methyl sites for hydroxylation is 1. The maximum Gasteiger partial charge on any atom is 0.255 e. The van der Waals surface area contributed by atoms with Gasteiger partial charge in [-0.2, -0.15) is 5.10 Å². The van der Waals surface area contributed by atoms with E-state index < -0.39 is 0 Å². The number of carbonyl (C=O) groups excluding carboxylic acids is 1. The molecule has 0 saturated carbocycles. The number of aromatic nitrogens is 2. The number of benzene rings is 2. The fraction of sp³-hybridized carbons (Fsp3) is 0.333. The molecule has 1 aliphatic heterocycles. The molecule has 0 spiro atoms. The Labute approximate surface area is 172 Å². The fourth-order valence-corrected chi connectivity index (χ4v) is 3.93. The highest BCUT2D eigenvalue weighted by molar-refractivity contribution is 5.99. The first-order valence-electron chi connectivity index (χ1n) is 10.4. The van der Waals surface area contributed by atoms with Crippen LogP contribution in [0.1, 0.15) is 41.3 Å². The van der Waals surface area contributed by atoms with Gasteiger partial charge < -0.3 is 5.32 Å². The molecule has 0 radical (unpaired) electrons. The van der Waals surface area contributed by atoms with Crippen LogP contribution in [-0.2, 0) is 13.0 Å². The number of hydrogen-bond acceptors (Lipinski definition) is 3. The normalized spacial score (nSPS) is 15.3. The first kappa shape index (κ1) is 19.4. The van der Waals surface area contributed by atoms with Crippen molar-refractivity contribution >= 4 is 5.91 Å². The standard InChI is InChI=1S/C24H28N4O/c1-2-18-8-10-20(11-9-18)23-22(16-25-27-23)24(29)26-21-12-14-28(15-13-21)17-19-6-4-3-5-7-19/h3-11,16,21H,2,12-15,17H2,1H3,(H,25,27)(H,26,29). The van der Waals surface area contributed by atoms with Gasteiger partial charge in [0.25, 0.3) is 5.91 Å². The van der Waals surface area contributed by atoms with Crippen molar-refractivity contribution in [1.29, 1.82) is 0 Å². The molecule has 0 aliphatic carbocycles. The summed E-state index contributed by atoms with van der Waals surface area (Å²) < 4.78 is 0. The summed E-state index contributed by atoms with van der Waals surface area (Å²) in [7, 11) is 0. The minimum absolute atomic E-state index is 0.0465. The minimum atomic E-state index is -0.0465. The van der Waals surface area contributed by atoms with E-state index in [2.05, 4.69) is 63.7 Å². The predicted molar refractivity (Wildman–Crippen MR) is 116 cm³/mol. The number of hydrogen-bond donors (Lipinski definition) is 2. The molecule has 2 heterocycles. The second-order valence-corrected chi connectivity index (χ2v) is 7.72. The molecule has 0 bridgehead atoms. The van der Waals surface area contributed by atoms with E-state index in [0.29, 0.717) is 5.56 Å². The Morgan fingerprint density at radius 2 is 1.79 bits per heavy atom. The van der Waals surface area contributed by atoms with E-state index in [-0.39, 0.29) is 11.9 Å². The van der Waals surface area contributed by atoms with E-state index in [0.717, 1.165) is 50.2 Å². The molecule has 2 aromatic carbocycles. The van der Waals surface area contributed by atoms with Crippen molar-refractivity contribution < 1.29 is 4.79 Å². The zero-order chi connectivity index (χ0) is 20.1. The maximum atomic E-state index is 12.9. The highest BCUT2D eigenvalue weighted by Gasteiger charge is 2.23. The Bertz CT molecular complexity index is 925. The lowest BCUT2D eigenvalue weighted by atomic mass is 10.0. The van der Waals surface area contributed by atoms with Crippen molar-refractivity contribution in [2.75, 3.05) is 13.1 Å². The van der Waals surface area contributed by atoms with Gasteiger partial charge in [-0.3, -0.25) is 14.8 Å². The number of likely N-dealkylation sites (tertiary alicyclic amines) is 1. The second-order valence-electron chi connectivity index (χ2n) is 7.72. The molecule has 1 aliphatic rings. The summed E-state index contributed by atoms with van der Waals surface area (Å²) in [6, 6.07) is 19.0. The molecule has 1 saturated heterocycles. The molecule has 5 nitrogen and oxygen atoms in total. The van der Waals surface area contributed by atoms with Gasteiger partial charge in [-0.05, 0) is 30.4 Å². The van der Waals surface area contributed by atoms with Crippen molar-refractivity contribution in [1.82, 2.24) is 20.4 Å². The van der Waals surface area contributed by atoms with Crippen LogP contribution in [0.4, 0.5) is 0 Å². The lowest BCUT2D eigenvalue weighted by molar-refractivity contribution is 0.0909. The van der Waals surface area contributed by atoms with E-state index >= 15 is 0 Å². The SMILES string of the molecule is CCc1ccc(-c2[nH]ncc2C(=O)NC2CCN(Cc3ccccc3)CC2)cc1. The van der Waals surface area contributed by atoms with E-state index in [4.69, 9.17) is 0 Å². The monoisotopic (exact) mass is 388 g/mol. The number of aromatic amines is 1. The van der Waals surface area contributed by atoms with Gasteiger partial charge in [0.2, 0.25) is 0 Å². The number of amides is 1. The third-order valence-electron chi connectivity index (χ3n) is 5.71. The van der Waals surface area contributed by atoms with Crippen LogP contribution in [0.3, 0.4) is 0 Å². The van der Waals surface area contributed by atoms with E-state index in [9.17, 15) is 4.79 Å². The van der Waals surface area contributed by atoms with Crippen molar-refractivity contribution in [2.45, 2.75) is 38.8 Å². The molecular weight excluding hydrogens is 360 g/mol. The second kappa shape index (κ2) is 9.05. The first-order valence-corrected chi connectivity index (χ1v) is 10.4. The highest BCUT2D eigenvalue weighted by atomic mass is 16.1. The summed E-state index contributed by atoms with van der Waals surface area (Å²) in [6.45, 7) is 5.10. The van der Waals surface area contributed by atoms with Crippen molar-refractivity contribution in [3.05, 3.63) is 77.5 Å². The van der Waals surface area contributed by atoms with Crippen LogP contribution in [0.5, 0.6) is 0 Å². The van der Waals surface area contributed by atoms with Crippen molar-refractivity contribution in [3.8, 4) is 11.3 Å². The third-order valence-corrected chi connectivity index (χ3v) is 5.71. The van der Waals surface area contributed by atoms with Crippen LogP contribution in [0.15, 0.2) is 60.8 Å². The van der Waals surface area contributed by atoms with Crippen LogP contribution in [0, 0.1) is 0 Å². The molecule has 0 atom stereocenters. The van der Waals surface area contributed by atoms with Gasteiger partial charge in [0.1, 0.15) is 0 Å². The zero-order valence-corrected chi connectivity index (χ0v) is 16.9. The smallest absolute Gasteiger partial charge is 0.255 e. The van der Waals surface area contributed by atoms with Gasteiger partial charge in [0, 0.05) is 31.2 Å². The van der Waals surface area contributed by atoms with Crippen LogP contribution in [0.25, 0.3) is 11.3 Å². The predicted octanol–water partition coefficient (Wildman–Crippen LogP) is 4.03. The Hall–Kier alpha value is -2.92. The zero-order valence-electron chi connectivity index (χ0n) is 16.9. The van der Waals surface area contributed by atoms with E-state index in [1.807, 2.05) is 18.2 Å². The van der Waals surface area contributed by atoms with Crippen LogP contribution < -0.4 is 5.32 Å². The van der Waals surface area contributed by atoms with E-state index in [1.165, 1.54) is 11.1 Å². The molecule has 1 fully saturated rings. The highest BCUT2D eigenvalue weighted by Crippen LogP contribution is 2.22. The quantitative estimate of drug-likeness (QED) is 0.670. The molecule has 3 aromatic rings. The molecule has 4 rings (SSSR count). The molecule has 1 aromatic heterocycles. The van der Waals surface area contributed by atoms with Gasteiger partial charge in [-0.1, -0.05) is 61.5 Å². The summed E-state index contributed by atoms with van der Waals surface area (Å²) in [4.78, 5) is 15.3. The first-order chi connectivity index (χ1) is 14.2. The molecule has 1 amide bonds. The number of rotatable bonds is 6. The summed E-state index contributed by atoms with van der Waals surface area (Å²) in [5.41, 5.74) is 5.00. The van der Waals surface area contributed by atoms with Gasteiger partial charge in [0.15, 0.2) is 0 Å². The van der Waals surface area contributed by atoms with Gasteiger partial charge in [-0.25, -0.2) is 0 Å². The van der Waals surface area contributed by atoms with Crippen LogP contribution >= 0.6 is 0 Å². The molecule has 0 unspecified atom stereocenters. The summed E-state index contributed by atoms with van der Waals surface area (Å²) in [5, 5.41) is 10.3. The largest absolute Gasteiger partial charge is 0.349 e. The molecule has 150 valence electrons.